The molecule has 4 aromatic rings. The van der Waals surface area contributed by atoms with Crippen molar-refractivity contribution in [1.82, 2.24) is 9.62 Å². The van der Waals surface area contributed by atoms with Crippen molar-refractivity contribution in [3.8, 4) is 11.1 Å². The zero-order chi connectivity index (χ0) is 30.3. The molecule has 8 heteroatoms. The summed E-state index contributed by atoms with van der Waals surface area (Å²) in [4.78, 5) is 10.7. The molecular formula is C34H38N2O5S. The first-order valence-corrected chi connectivity index (χ1v) is 15.5. The van der Waals surface area contributed by atoms with Gasteiger partial charge in [-0.3, -0.25) is 0 Å². The Bertz CT molecular complexity index is 1660. The monoisotopic (exact) mass is 586 g/mol. The van der Waals surface area contributed by atoms with Crippen LogP contribution in [0.2, 0.25) is 0 Å². The molecule has 42 heavy (non-hydrogen) atoms. The third-order valence-corrected chi connectivity index (χ3v) is 8.95. The van der Waals surface area contributed by atoms with Crippen molar-refractivity contribution in [1.29, 1.82) is 0 Å². The summed E-state index contributed by atoms with van der Waals surface area (Å²) >= 11 is 0. The van der Waals surface area contributed by atoms with Crippen LogP contribution in [-0.4, -0.2) is 60.7 Å². The lowest BCUT2D eigenvalue weighted by Crippen LogP contribution is -2.47. The molecule has 4 rings (SSSR count). The second kappa shape index (κ2) is 13.4. The Hall–Kier alpha value is -3.82. The standard InChI is InChI=1S/C34H38N2O5S/c1-34(2,21-26-13-17-28-8-4-5-9-30(28)19-26)35-22-32(37)23-36(3)42(40,41)24-27-7-6-10-31(20-27)29-15-11-25(12-16-29)14-18-33(38)39/h4-20,32,35,37H,21-24H2,1-3H3,(H,38,39)/b18-14+/t32-/m1/s1. The molecule has 0 bridgehead atoms. The maximum absolute atomic E-state index is 13.1. The fourth-order valence-corrected chi connectivity index (χ4v) is 6.13. The van der Waals surface area contributed by atoms with Gasteiger partial charge in [0.25, 0.3) is 0 Å². The van der Waals surface area contributed by atoms with Gasteiger partial charge >= 0.3 is 5.97 Å². The molecule has 0 spiro atoms. The lowest BCUT2D eigenvalue weighted by Gasteiger charge is -2.29. The fraction of sp³-hybridized carbons (Fsp3) is 0.265. The Morgan fingerprint density at radius 2 is 1.62 bits per heavy atom. The zero-order valence-corrected chi connectivity index (χ0v) is 25.0. The Morgan fingerprint density at radius 1 is 0.905 bits per heavy atom. The smallest absolute Gasteiger partial charge is 0.328 e. The molecule has 0 radical (unpaired) electrons. The third kappa shape index (κ3) is 8.84. The average molecular weight is 587 g/mol. The molecule has 0 aliphatic carbocycles. The van der Waals surface area contributed by atoms with Crippen LogP contribution in [0.25, 0.3) is 28.0 Å². The van der Waals surface area contributed by atoms with Crippen LogP contribution in [0.15, 0.2) is 97.1 Å². The van der Waals surface area contributed by atoms with Crippen LogP contribution in [0, 0.1) is 0 Å². The minimum atomic E-state index is -3.67. The highest BCUT2D eigenvalue weighted by Gasteiger charge is 2.24. The van der Waals surface area contributed by atoms with Gasteiger partial charge in [0.1, 0.15) is 0 Å². The molecule has 220 valence electrons. The topological polar surface area (TPSA) is 107 Å². The molecule has 0 aliphatic heterocycles. The molecule has 0 saturated heterocycles. The molecule has 0 saturated carbocycles. The van der Waals surface area contributed by atoms with Crippen molar-refractivity contribution < 1.29 is 23.4 Å². The summed E-state index contributed by atoms with van der Waals surface area (Å²) < 4.78 is 27.5. The predicted octanol–water partition coefficient (Wildman–Crippen LogP) is 5.34. The van der Waals surface area contributed by atoms with Gasteiger partial charge in [-0.2, -0.15) is 0 Å². The molecule has 0 aliphatic rings. The minimum Gasteiger partial charge on any atom is -0.478 e. The van der Waals surface area contributed by atoms with E-state index in [9.17, 15) is 18.3 Å². The number of benzene rings is 4. The number of hydrogen-bond acceptors (Lipinski definition) is 5. The number of likely N-dealkylation sites (N-methyl/N-ethyl adjacent to an activating group) is 1. The number of carboxylic acids is 1. The predicted molar refractivity (Wildman–Crippen MR) is 170 cm³/mol. The van der Waals surface area contributed by atoms with Crippen LogP contribution in [0.1, 0.15) is 30.5 Å². The van der Waals surface area contributed by atoms with Gasteiger partial charge in [0.15, 0.2) is 0 Å². The van der Waals surface area contributed by atoms with E-state index in [2.05, 4.69) is 49.5 Å². The summed E-state index contributed by atoms with van der Waals surface area (Å²) in [6.07, 6.45) is 2.48. The Morgan fingerprint density at radius 3 is 2.33 bits per heavy atom. The average Bonchev–Trinajstić information content (AvgIpc) is 2.95. The Balaban J connectivity index is 1.32. The van der Waals surface area contributed by atoms with Crippen LogP contribution in [0.4, 0.5) is 0 Å². The zero-order valence-electron chi connectivity index (χ0n) is 24.2. The number of fused-ring (bicyclic) bond motifs is 1. The fourth-order valence-electron chi connectivity index (χ4n) is 4.91. The van der Waals surface area contributed by atoms with E-state index in [1.54, 1.807) is 6.07 Å². The van der Waals surface area contributed by atoms with Gasteiger partial charge in [0.2, 0.25) is 10.0 Å². The van der Waals surface area contributed by atoms with E-state index < -0.39 is 22.1 Å². The first kappa shape index (κ1) is 31.1. The van der Waals surface area contributed by atoms with Gasteiger partial charge in [-0.25, -0.2) is 17.5 Å². The van der Waals surface area contributed by atoms with Crippen molar-refractivity contribution in [3.05, 3.63) is 114 Å². The van der Waals surface area contributed by atoms with Gasteiger partial charge in [-0.05, 0) is 64.9 Å². The summed E-state index contributed by atoms with van der Waals surface area (Å²) in [7, 11) is -2.18. The van der Waals surface area contributed by atoms with Crippen LogP contribution in [0.3, 0.4) is 0 Å². The van der Waals surface area contributed by atoms with E-state index in [0.717, 1.165) is 29.2 Å². The van der Waals surface area contributed by atoms with Crippen molar-refractivity contribution in [3.63, 3.8) is 0 Å². The number of β-amino-alcohol motifs (C(OH)–C–C–N with tert-alkyl or cyclic N) is 1. The van der Waals surface area contributed by atoms with E-state index >= 15 is 0 Å². The number of aliphatic hydroxyl groups is 1. The molecule has 0 fully saturated rings. The van der Waals surface area contributed by atoms with Crippen molar-refractivity contribution in [2.45, 2.75) is 37.7 Å². The largest absolute Gasteiger partial charge is 0.478 e. The molecule has 7 nitrogen and oxygen atoms in total. The van der Waals surface area contributed by atoms with E-state index in [4.69, 9.17) is 5.11 Å². The van der Waals surface area contributed by atoms with Gasteiger partial charge in [0, 0.05) is 31.8 Å². The van der Waals surface area contributed by atoms with Gasteiger partial charge in [0.05, 0.1) is 11.9 Å². The van der Waals surface area contributed by atoms with Crippen LogP contribution in [0.5, 0.6) is 0 Å². The number of hydrogen-bond donors (Lipinski definition) is 3. The van der Waals surface area contributed by atoms with E-state index in [1.807, 2.05) is 54.6 Å². The number of aliphatic hydroxyl groups excluding tert-OH is 1. The number of sulfonamides is 1. The van der Waals surface area contributed by atoms with Gasteiger partial charge in [-0.15, -0.1) is 0 Å². The number of carboxylic acid groups (broad SMARTS) is 1. The summed E-state index contributed by atoms with van der Waals surface area (Å²) in [6, 6.07) is 29.3. The quantitative estimate of drug-likeness (QED) is 0.183. The van der Waals surface area contributed by atoms with Crippen LogP contribution < -0.4 is 5.32 Å². The first-order valence-electron chi connectivity index (χ1n) is 13.9. The van der Waals surface area contributed by atoms with E-state index in [-0.39, 0.29) is 24.4 Å². The van der Waals surface area contributed by atoms with Gasteiger partial charge < -0.3 is 15.5 Å². The SMILES string of the molecule is CN(C[C@H](O)CNC(C)(C)Cc1ccc2ccccc2c1)S(=O)(=O)Cc1cccc(-c2ccc(/C=C/C(=O)O)cc2)c1. The van der Waals surface area contributed by atoms with Crippen LogP contribution in [-0.2, 0) is 27.0 Å². The maximum Gasteiger partial charge on any atom is 0.328 e. The lowest BCUT2D eigenvalue weighted by molar-refractivity contribution is -0.131. The maximum atomic E-state index is 13.1. The highest BCUT2D eigenvalue weighted by atomic mass is 32.2. The Labute approximate surface area is 248 Å². The Kier molecular flexibility index (Phi) is 9.96. The highest BCUT2D eigenvalue weighted by Crippen LogP contribution is 2.23. The molecule has 1 atom stereocenters. The second-order valence-electron chi connectivity index (χ2n) is 11.3. The minimum absolute atomic E-state index is 0.0214. The normalized spacial score (nSPS) is 13.2. The summed E-state index contributed by atoms with van der Waals surface area (Å²) in [6.45, 7) is 4.38. The molecular weight excluding hydrogens is 548 g/mol. The van der Waals surface area contributed by atoms with Crippen LogP contribution >= 0.6 is 0 Å². The number of carbonyl (C=O) groups is 1. The number of nitrogens with one attached hydrogen (secondary N) is 1. The number of nitrogens with zero attached hydrogens (tertiary/aromatic N) is 1. The number of aliphatic carboxylic acids is 1. The van der Waals surface area contributed by atoms with Crippen molar-refractivity contribution >= 4 is 32.8 Å². The second-order valence-corrected chi connectivity index (χ2v) is 13.4. The first-order chi connectivity index (χ1) is 19.9. The van der Waals surface area contributed by atoms with E-state index in [0.29, 0.717) is 5.56 Å². The van der Waals surface area contributed by atoms with Crippen molar-refractivity contribution in [2.75, 3.05) is 20.1 Å². The molecule has 0 amide bonds. The lowest BCUT2D eigenvalue weighted by atomic mass is 9.93. The molecule has 0 unspecified atom stereocenters. The molecule has 4 aromatic carbocycles. The van der Waals surface area contributed by atoms with Crippen molar-refractivity contribution in [2.24, 2.45) is 0 Å². The molecule has 0 aromatic heterocycles. The van der Waals surface area contributed by atoms with Gasteiger partial charge in [-0.1, -0.05) is 91.0 Å². The third-order valence-electron chi connectivity index (χ3n) is 7.16. The molecule has 3 N–H and O–H groups in total. The summed E-state index contributed by atoms with van der Waals surface area (Å²) in [5, 5.41) is 25.3. The van der Waals surface area contributed by atoms with E-state index in [1.165, 1.54) is 33.8 Å². The molecule has 0 heterocycles. The number of rotatable bonds is 13. The summed E-state index contributed by atoms with van der Waals surface area (Å²) in [5.74, 6) is -1.20. The summed E-state index contributed by atoms with van der Waals surface area (Å²) in [5.41, 5.74) is 4.03. The highest BCUT2D eigenvalue weighted by molar-refractivity contribution is 7.88.